The summed E-state index contributed by atoms with van der Waals surface area (Å²) in [5.74, 6) is 0.244. The zero-order chi connectivity index (χ0) is 14.5. The van der Waals surface area contributed by atoms with Crippen LogP contribution in [0.2, 0.25) is 0 Å². The minimum atomic E-state index is 0.0765. The average molecular weight is 278 g/mol. The quantitative estimate of drug-likeness (QED) is 0.749. The topological polar surface area (TPSA) is 55.7 Å². The molecule has 2 rings (SSSR count). The third-order valence-corrected chi connectivity index (χ3v) is 4.34. The van der Waals surface area contributed by atoms with Gasteiger partial charge in [0.2, 0.25) is 0 Å². The van der Waals surface area contributed by atoms with Crippen LogP contribution in [0.1, 0.15) is 44.2 Å². The van der Waals surface area contributed by atoms with Crippen LogP contribution < -0.4 is 5.32 Å². The molecule has 0 aliphatic heterocycles. The van der Waals surface area contributed by atoms with E-state index in [1.807, 2.05) is 6.92 Å². The molecular formula is C16H26N2O2. The predicted octanol–water partition coefficient (Wildman–Crippen LogP) is 2.62. The zero-order valence-corrected chi connectivity index (χ0v) is 12.5. The number of rotatable bonds is 6. The second kappa shape index (κ2) is 6.95. The Bertz CT molecular complexity index is 430. The van der Waals surface area contributed by atoms with Crippen LogP contribution in [-0.2, 0) is 0 Å². The Kier molecular flexibility index (Phi) is 5.26. The number of likely N-dealkylation sites (N-methyl/N-ethyl adjacent to an activating group) is 1. The van der Waals surface area contributed by atoms with Gasteiger partial charge in [0, 0.05) is 36.8 Å². The van der Waals surface area contributed by atoms with E-state index in [9.17, 15) is 10.2 Å². The first kappa shape index (κ1) is 15.1. The van der Waals surface area contributed by atoms with Crippen LogP contribution in [0.5, 0.6) is 11.5 Å². The highest BCUT2D eigenvalue weighted by Crippen LogP contribution is 2.27. The van der Waals surface area contributed by atoms with E-state index >= 15 is 0 Å². The van der Waals surface area contributed by atoms with Crippen LogP contribution in [0.3, 0.4) is 0 Å². The van der Waals surface area contributed by atoms with Gasteiger partial charge < -0.3 is 20.4 Å². The molecule has 4 nitrogen and oxygen atoms in total. The molecule has 1 aliphatic carbocycles. The van der Waals surface area contributed by atoms with E-state index in [1.165, 1.54) is 31.7 Å². The minimum Gasteiger partial charge on any atom is -0.508 e. The Balaban J connectivity index is 1.78. The van der Waals surface area contributed by atoms with Crippen molar-refractivity contribution >= 4 is 0 Å². The van der Waals surface area contributed by atoms with Gasteiger partial charge in [-0.15, -0.1) is 0 Å². The fourth-order valence-electron chi connectivity index (χ4n) is 2.99. The Morgan fingerprint density at radius 1 is 1.30 bits per heavy atom. The fraction of sp³-hybridized carbons (Fsp3) is 0.625. The van der Waals surface area contributed by atoms with Gasteiger partial charge in [0.15, 0.2) is 0 Å². The van der Waals surface area contributed by atoms with E-state index in [0.29, 0.717) is 0 Å². The van der Waals surface area contributed by atoms with Gasteiger partial charge in [-0.25, -0.2) is 0 Å². The number of phenolic OH excluding ortho intramolecular Hbond substituents is 2. The van der Waals surface area contributed by atoms with Gasteiger partial charge in [0.25, 0.3) is 0 Å². The molecule has 0 amide bonds. The lowest BCUT2D eigenvalue weighted by molar-refractivity contribution is 0.242. The Hall–Kier alpha value is -1.26. The molecule has 20 heavy (non-hydrogen) atoms. The number of nitrogens with one attached hydrogen (secondary N) is 1. The zero-order valence-electron chi connectivity index (χ0n) is 12.5. The maximum Gasteiger partial charge on any atom is 0.124 e. The first-order valence-corrected chi connectivity index (χ1v) is 7.53. The summed E-state index contributed by atoms with van der Waals surface area (Å²) in [5.41, 5.74) is 0.825. The van der Waals surface area contributed by atoms with Crippen molar-refractivity contribution in [2.45, 2.75) is 44.7 Å². The Labute approximate surface area is 121 Å². The van der Waals surface area contributed by atoms with Crippen molar-refractivity contribution in [3.63, 3.8) is 0 Å². The number of benzene rings is 1. The largest absolute Gasteiger partial charge is 0.508 e. The van der Waals surface area contributed by atoms with Gasteiger partial charge in [0.1, 0.15) is 11.5 Å². The fourth-order valence-corrected chi connectivity index (χ4v) is 2.99. The lowest BCUT2D eigenvalue weighted by Crippen LogP contribution is -2.36. The van der Waals surface area contributed by atoms with Crippen molar-refractivity contribution < 1.29 is 10.2 Å². The highest BCUT2D eigenvalue weighted by atomic mass is 16.3. The maximum atomic E-state index is 9.83. The molecule has 4 heteroatoms. The van der Waals surface area contributed by atoms with E-state index in [4.69, 9.17) is 0 Å². The summed E-state index contributed by atoms with van der Waals surface area (Å²) in [6.07, 6.45) is 5.37. The van der Waals surface area contributed by atoms with E-state index in [-0.39, 0.29) is 17.5 Å². The molecule has 1 atom stereocenters. The second-order valence-corrected chi connectivity index (χ2v) is 5.84. The highest BCUT2D eigenvalue weighted by molar-refractivity contribution is 5.40. The van der Waals surface area contributed by atoms with Crippen LogP contribution in [-0.4, -0.2) is 41.3 Å². The molecule has 1 saturated carbocycles. The predicted molar refractivity (Wildman–Crippen MR) is 81.1 cm³/mol. The van der Waals surface area contributed by atoms with E-state index < -0.39 is 0 Å². The summed E-state index contributed by atoms with van der Waals surface area (Å²) in [6, 6.07) is 5.58. The summed E-state index contributed by atoms with van der Waals surface area (Å²) >= 11 is 0. The van der Waals surface area contributed by atoms with Gasteiger partial charge in [-0.2, -0.15) is 0 Å². The van der Waals surface area contributed by atoms with Crippen molar-refractivity contribution in [1.29, 1.82) is 0 Å². The van der Waals surface area contributed by atoms with Crippen LogP contribution in [0.15, 0.2) is 18.2 Å². The molecule has 1 unspecified atom stereocenters. The lowest BCUT2D eigenvalue weighted by Gasteiger charge is -2.25. The van der Waals surface area contributed by atoms with Gasteiger partial charge in [-0.05, 0) is 32.9 Å². The third kappa shape index (κ3) is 3.87. The molecule has 0 spiro atoms. The number of hydrogen-bond acceptors (Lipinski definition) is 4. The van der Waals surface area contributed by atoms with Crippen LogP contribution in [0.4, 0.5) is 0 Å². The highest BCUT2D eigenvalue weighted by Gasteiger charge is 2.19. The number of nitrogens with zero attached hydrogens (tertiary/aromatic N) is 1. The molecule has 1 aromatic rings. The normalized spacial score (nSPS) is 17.8. The van der Waals surface area contributed by atoms with Gasteiger partial charge in [-0.1, -0.05) is 18.9 Å². The lowest BCUT2D eigenvalue weighted by atomic mass is 10.1. The van der Waals surface area contributed by atoms with Crippen LogP contribution in [0, 0.1) is 0 Å². The summed E-state index contributed by atoms with van der Waals surface area (Å²) in [4.78, 5) is 2.43. The molecule has 0 saturated heterocycles. The first-order chi connectivity index (χ1) is 9.58. The van der Waals surface area contributed by atoms with E-state index in [1.54, 1.807) is 12.1 Å². The Morgan fingerprint density at radius 2 is 2.00 bits per heavy atom. The monoisotopic (exact) mass is 278 g/mol. The van der Waals surface area contributed by atoms with Crippen LogP contribution in [0.25, 0.3) is 0 Å². The molecule has 1 aliphatic rings. The van der Waals surface area contributed by atoms with Crippen molar-refractivity contribution in [3.8, 4) is 11.5 Å². The minimum absolute atomic E-state index is 0.0765. The van der Waals surface area contributed by atoms with Gasteiger partial charge in [-0.3, -0.25) is 0 Å². The van der Waals surface area contributed by atoms with E-state index in [0.717, 1.165) is 24.7 Å². The SMILES string of the molecule is CC(NCCN(C)C1CCCC1)c1ccc(O)cc1O. The van der Waals surface area contributed by atoms with Gasteiger partial charge >= 0.3 is 0 Å². The maximum absolute atomic E-state index is 9.83. The number of hydrogen-bond donors (Lipinski definition) is 3. The van der Waals surface area contributed by atoms with Crippen molar-refractivity contribution in [1.82, 2.24) is 10.2 Å². The Morgan fingerprint density at radius 3 is 2.65 bits per heavy atom. The molecule has 0 radical (unpaired) electrons. The standard InChI is InChI=1S/C16H26N2O2/c1-12(15-8-7-14(19)11-16(15)20)17-9-10-18(2)13-5-3-4-6-13/h7-8,11-13,17,19-20H,3-6,9-10H2,1-2H3. The molecule has 1 fully saturated rings. The number of aromatic hydroxyl groups is 2. The average Bonchev–Trinajstić information content (AvgIpc) is 2.92. The summed E-state index contributed by atoms with van der Waals surface area (Å²) in [5, 5.41) is 22.6. The summed E-state index contributed by atoms with van der Waals surface area (Å²) in [6.45, 7) is 3.95. The van der Waals surface area contributed by atoms with Crippen molar-refractivity contribution in [2.75, 3.05) is 20.1 Å². The van der Waals surface area contributed by atoms with Crippen molar-refractivity contribution in [3.05, 3.63) is 23.8 Å². The molecule has 0 aromatic heterocycles. The molecule has 1 aromatic carbocycles. The first-order valence-electron chi connectivity index (χ1n) is 7.53. The molecule has 3 N–H and O–H groups in total. The van der Waals surface area contributed by atoms with E-state index in [2.05, 4.69) is 17.3 Å². The molecule has 112 valence electrons. The van der Waals surface area contributed by atoms with Crippen LogP contribution >= 0.6 is 0 Å². The van der Waals surface area contributed by atoms with Crippen molar-refractivity contribution in [2.24, 2.45) is 0 Å². The summed E-state index contributed by atoms with van der Waals surface area (Å²) in [7, 11) is 2.19. The molecule has 0 heterocycles. The smallest absolute Gasteiger partial charge is 0.124 e. The third-order valence-electron chi connectivity index (χ3n) is 4.34. The summed E-state index contributed by atoms with van der Waals surface area (Å²) < 4.78 is 0. The number of phenols is 2. The second-order valence-electron chi connectivity index (χ2n) is 5.84. The molecular weight excluding hydrogens is 252 g/mol. The molecule has 0 bridgehead atoms. The van der Waals surface area contributed by atoms with Gasteiger partial charge in [0.05, 0.1) is 0 Å².